The summed E-state index contributed by atoms with van der Waals surface area (Å²) in [6, 6.07) is 5.24. The number of hydrogen-bond donors (Lipinski definition) is 2. The summed E-state index contributed by atoms with van der Waals surface area (Å²) in [5.74, 6) is -4.11. The Morgan fingerprint density at radius 2 is 1.62 bits per heavy atom. The Labute approximate surface area is 277 Å². The maximum atomic E-state index is 14.1. The first-order valence-electron chi connectivity index (χ1n) is 15.2. The summed E-state index contributed by atoms with van der Waals surface area (Å²) in [6.45, 7) is 5.35. The number of ether oxygens (including phenoxy) is 5. The average Bonchev–Trinajstić information content (AvgIpc) is 3.01. The molecule has 1 aliphatic heterocycles. The van der Waals surface area contributed by atoms with Gasteiger partial charge in [-0.2, -0.15) is 5.09 Å². The zero-order chi connectivity index (χ0) is 35.7. The first-order chi connectivity index (χ1) is 22.8. The van der Waals surface area contributed by atoms with Gasteiger partial charge in [-0.25, -0.2) is 4.57 Å². The number of rotatable bonds is 19. The van der Waals surface area contributed by atoms with Crippen LogP contribution >= 0.6 is 7.75 Å². The molecule has 48 heavy (non-hydrogen) atoms. The summed E-state index contributed by atoms with van der Waals surface area (Å²) in [5, 5.41) is 8.11. The molecule has 1 aliphatic rings. The van der Waals surface area contributed by atoms with Crippen molar-refractivity contribution in [1.29, 1.82) is 0 Å². The monoisotopic (exact) mass is 699 g/mol. The van der Waals surface area contributed by atoms with Crippen molar-refractivity contribution in [2.75, 3.05) is 19.8 Å². The molecule has 0 bridgehead atoms. The molecule has 2 unspecified atom stereocenters. The Bertz CT molecular complexity index is 1340. The van der Waals surface area contributed by atoms with Crippen molar-refractivity contribution >= 4 is 37.5 Å². The Kier molecular flexibility index (Phi) is 16.8. The van der Waals surface area contributed by atoms with Gasteiger partial charge in [0.1, 0.15) is 30.5 Å². The molecular weight excluding hydrogens is 657 g/mol. The standard InChI is InChI=1S/C29H42N5O13P/c1-6-7-8-12-15-41-28(39)18(2)33-48(40,47-22-13-10-9-11-14-22)42-17-23-26(43-19(3)35)27(44-20(4)36)25(29(46-23)45-21(5)37)32-24(38)16-31-34-30/h9-11,13-14,18,23,25-27,29H,6-8,12,15-17H2,1-5H3,(H,32,38)(H,33,40)/t18-,23+,25-,26+,27+,29?,48?/m0/s1. The fourth-order valence-electron chi connectivity index (χ4n) is 4.45. The van der Waals surface area contributed by atoms with E-state index in [1.165, 1.54) is 19.1 Å². The van der Waals surface area contributed by atoms with Crippen LogP contribution in [0.4, 0.5) is 0 Å². The van der Waals surface area contributed by atoms with Gasteiger partial charge in [-0.1, -0.05) is 49.5 Å². The van der Waals surface area contributed by atoms with Gasteiger partial charge >= 0.3 is 31.6 Å². The van der Waals surface area contributed by atoms with Gasteiger partial charge in [0.2, 0.25) is 12.2 Å². The van der Waals surface area contributed by atoms with Crippen molar-refractivity contribution in [3.8, 4) is 5.75 Å². The summed E-state index contributed by atoms with van der Waals surface area (Å²) in [5.41, 5.74) is 8.59. The number of para-hydroxylation sites is 1. The minimum atomic E-state index is -4.48. The SMILES string of the molecule is CCCCCCOC(=O)[C@H](C)NP(=O)(OC[C@H]1OC(OC(C)=O)[C@@H](NC(=O)CN=[N+]=[N-])[C@@H](OC(C)=O)[C@@H]1OC(C)=O)Oc1ccccc1. The van der Waals surface area contributed by atoms with Crippen molar-refractivity contribution in [3.05, 3.63) is 40.8 Å². The second-order valence-corrected chi connectivity index (χ2v) is 12.3. The molecule has 0 spiro atoms. The van der Waals surface area contributed by atoms with E-state index in [9.17, 15) is 28.5 Å². The molecular formula is C29H42N5O13P. The number of nitrogens with zero attached hydrogens (tertiary/aromatic N) is 3. The van der Waals surface area contributed by atoms with E-state index in [0.29, 0.717) is 6.42 Å². The minimum Gasteiger partial charge on any atom is -0.465 e. The summed E-state index contributed by atoms with van der Waals surface area (Å²) < 4.78 is 52.7. The van der Waals surface area contributed by atoms with Crippen LogP contribution in [0.2, 0.25) is 0 Å². The van der Waals surface area contributed by atoms with E-state index in [1.807, 2.05) is 6.92 Å². The second-order valence-electron chi connectivity index (χ2n) is 10.6. The molecule has 1 fully saturated rings. The molecule has 2 N–H and O–H groups in total. The van der Waals surface area contributed by atoms with E-state index in [-0.39, 0.29) is 12.4 Å². The normalized spacial score (nSPS) is 22.1. The third kappa shape index (κ3) is 13.9. The Balaban J connectivity index is 2.41. The highest BCUT2D eigenvalue weighted by atomic mass is 31.2. The number of amides is 1. The van der Waals surface area contributed by atoms with Crippen LogP contribution in [-0.4, -0.2) is 86.2 Å². The molecule has 1 aromatic carbocycles. The van der Waals surface area contributed by atoms with Gasteiger partial charge in [0.25, 0.3) is 0 Å². The third-order valence-corrected chi connectivity index (χ3v) is 8.11. The molecule has 18 nitrogen and oxygen atoms in total. The van der Waals surface area contributed by atoms with E-state index in [2.05, 4.69) is 20.4 Å². The number of benzene rings is 1. The molecule has 1 heterocycles. The van der Waals surface area contributed by atoms with E-state index < -0.39 is 87.4 Å². The van der Waals surface area contributed by atoms with Crippen LogP contribution in [0.25, 0.3) is 10.4 Å². The van der Waals surface area contributed by atoms with E-state index in [4.69, 9.17) is 38.3 Å². The smallest absolute Gasteiger partial charge is 0.459 e. The van der Waals surface area contributed by atoms with E-state index >= 15 is 0 Å². The zero-order valence-electron chi connectivity index (χ0n) is 27.4. The molecule has 0 radical (unpaired) electrons. The molecule has 1 saturated heterocycles. The van der Waals surface area contributed by atoms with Gasteiger partial charge in [-0.3, -0.25) is 28.5 Å². The number of unbranched alkanes of at least 4 members (excludes halogenated alkanes) is 3. The number of azide groups is 1. The maximum absolute atomic E-state index is 14.1. The second kappa shape index (κ2) is 20.2. The van der Waals surface area contributed by atoms with E-state index in [1.54, 1.807) is 18.2 Å². The van der Waals surface area contributed by atoms with Gasteiger partial charge in [0.15, 0.2) is 12.2 Å². The first-order valence-corrected chi connectivity index (χ1v) is 16.7. The Morgan fingerprint density at radius 1 is 0.979 bits per heavy atom. The van der Waals surface area contributed by atoms with Gasteiger partial charge in [0, 0.05) is 25.7 Å². The lowest BCUT2D eigenvalue weighted by Crippen LogP contribution is -2.67. The highest BCUT2D eigenvalue weighted by Gasteiger charge is 2.52. The van der Waals surface area contributed by atoms with Crippen LogP contribution in [0, 0.1) is 0 Å². The molecule has 1 amide bonds. The predicted molar refractivity (Wildman–Crippen MR) is 166 cm³/mol. The lowest BCUT2D eigenvalue weighted by Gasteiger charge is -2.44. The van der Waals surface area contributed by atoms with Gasteiger partial charge in [0.05, 0.1) is 13.2 Å². The minimum absolute atomic E-state index is 0.105. The van der Waals surface area contributed by atoms with Crippen LogP contribution in [0.1, 0.15) is 60.3 Å². The van der Waals surface area contributed by atoms with Crippen molar-refractivity contribution < 1.29 is 61.3 Å². The fourth-order valence-corrected chi connectivity index (χ4v) is 5.95. The molecule has 19 heteroatoms. The van der Waals surface area contributed by atoms with Crippen molar-refractivity contribution in [2.24, 2.45) is 5.11 Å². The zero-order valence-corrected chi connectivity index (χ0v) is 28.3. The van der Waals surface area contributed by atoms with Crippen LogP contribution in [0.5, 0.6) is 5.75 Å². The molecule has 0 aromatic heterocycles. The lowest BCUT2D eigenvalue weighted by atomic mass is 9.96. The Morgan fingerprint density at radius 3 is 2.23 bits per heavy atom. The highest BCUT2D eigenvalue weighted by molar-refractivity contribution is 7.52. The maximum Gasteiger partial charge on any atom is 0.459 e. The number of carbonyl (C=O) groups is 5. The first kappa shape index (κ1) is 40.0. The lowest BCUT2D eigenvalue weighted by molar-refractivity contribution is -0.268. The molecule has 2 rings (SSSR count). The number of carbonyl (C=O) groups excluding carboxylic acids is 5. The summed E-state index contributed by atoms with van der Waals surface area (Å²) in [6.07, 6.45) is -2.74. The van der Waals surface area contributed by atoms with Crippen LogP contribution in [0.15, 0.2) is 35.4 Å². The van der Waals surface area contributed by atoms with Crippen molar-refractivity contribution in [3.63, 3.8) is 0 Å². The number of hydrogen-bond acceptors (Lipinski definition) is 14. The molecule has 7 atom stereocenters. The summed E-state index contributed by atoms with van der Waals surface area (Å²) in [4.78, 5) is 64.1. The topological polar surface area (TPSA) is 240 Å². The van der Waals surface area contributed by atoms with Gasteiger partial charge in [-0.05, 0) is 31.0 Å². The average molecular weight is 700 g/mol. The quantitative estimate of drug-likeness (QED) is 0.0401. The molecule has 0 aliphatic carbocycles. The molecule has 0 saturated carbocycles. The van der Waals surface area contributed by atoms with E-state index in [0.717, 1.165) is 40.0 Å². The van der Waals surface area contributed by atoms with Crippen LogP contribution in [-0.2, 0) is 56.7 Å². The van der Waals surface area contributed by atoms with Crippen LogP contribution in [0.3, 0.4) is 0 Å². The largest absolute Gasteiger partial charge is 0.465 e. The fraction of sp³-hybridized carbons (Fsp3) is 0.621. The Hall–Kier alpha value is -4.21. The number of esters is 4. The third-order valence-electron chi connectivity index (χ3n) is 6.46. The predicted octanol–water partition coefficient (Wildman–Crippen LogP) is 3.24. The van der Waals surface area contributed by atoms with Crippen molar-refractivity contribution in [2.45, 2.75) is 97.0 Å². The van der Waals surface area contributed by atoms with Crippen molar-refractivity contribution in [1.82, 2.24) is 10.4 Å². The summed E-state index contributed by atoms with van der Waals surface area (Å²) in [7, 11) is -4.48. The summed E-state index contributed by atoms with van der Waals surface area (Å²) >= 11 is 0. The van der Waals surface area contributed by atoms with Gasteiger partial charge in [-0.15, -0.1) is 0 Å². The number of nitrogens with one attached hydrogen (secondary N) is 2. The molecule has 266 valence electrons. The van der Waals surface area contributed by atoms with Gasteiger partial charge < -0.3 is 33.5 Å². The molecule has 1 aromatic rings. The van der Waals surface area contributed by atoms with Crippen LogP contribution < -0.4 is 14.9 Å². The highest BCUT2D eigenvalue weighted by Crippen LogP contribution is 2.45.